The molecule has 1 heterocycles. The average Bonchev–Trinajstić information content (AvgIpc) is 2.59. The Hall–Kier alpha value is -3.20. The summed E-state index contributed by atoms with van der Waals surface area (Å²) >= 11 is 0. The first-order valence-corrected chi connectivity index (χ1v) is 7.58. The second-order valence-electron chi connectivity index (χ2n) is 4.75. The van der Waals surface area contributed by atoms with E-state index in [4.69, 9.17) is 15.2 Å². The Labute approximate surface area is 144 Å². The zero-order valence-electron chi connectivity index (χ0n) is 13.7. The van der Waals surface area contributed by atoms with Crippen LogP contribution in [-0.4, -0.2) is 36.0 Å². The minimum atomic E-state index is -0.657. The lowest BCUT2D eigenvalue weighted by atomic mass is 10.3. The quantitative estimate of drug-likeness (QED) is 0.521. The summed E-state index contributed by atoms with van der Waals surface area (Å²) in [5.74, 6) is 0.303. The molecular weight excluding hydrogens is 326 g/mol. The Bertz CT molecular complexity index is 751. The maximum Gasteiger partial charge on any atom is 0.412 e. The highest BCUT2D eigenvalue weighted by molar-refractivity contribution is 5.84. The lowest BCUT2D eigenvalue weighted by Crippen LogP contribution is -2.17. The monoisotopic (exact) mass is 345 g/mol. The van der Waals surface area contributed by atoms with Gasteiger partial charge in [0.1, 0.15) is 29.5 Å². The van der Waals surface area contributed by atoms with E-state index >= 15 is 0 Å². The van der Waals surface area contributed by atoms with E-state index < -0.39 is 6.09 Å². The second kappa shape index (κ2) is 9.18. The van der Waals surface area contributed by atoms with Crippen LogP contribution in [0, 0.1) is 0 Å². The third kappa shape index (κ3) is 5.74. The van der Waals surface area contributed by atoms with Crippen molar-refractivity contribution >= 4 is 29.1 Å². The van der Waals surface area contributed by atoms with Gasteiger partial charge in [0, 0.05) is 6.61 Å². The number of rotatable bonds is 7. The second-order valence-corrected chi connectivity index (χ2v) is 4.75. The van der Waals surface area contributed by atoms with E-state index in [1.54, 1.807) is 24.3 Å². The number of aromatic nitrogens is 1. The van der Waals surface area contributed by atoms with E-state index in [0.29, 0.717) is 24.6 Å². The number of carbonyl (C=O) groups is 1. The van der Waals surface area contributed by atoms with Crippen LogP contribution in [0.4, 0.5) is 27.8 Å². The molecule has 0 radical (unpaired) electrons. The first-order chi connectivity index (χ1) is 12.1. The Morgan fingerprint density at radius 2 is 1.96 bits per heavy atom. The van der Waals surface area contributed by atoms with Crippen LogP contribution in [0.2, 0.25) is 0 Å². The molecule has 1 aromatic carbocycles. The molecule has 132 valence electrons. The number of nitrogens with two attached hydrogens (primary N) is 1. The number of benzene rings is 1. The summed E-state index contributed by atoms with van der Waals surface area (Å²) in [4.78, 5) is 15.6. The van der Waals surface area contributed by atoms with Gasteiger partial charge in [-0.2, -0.15) is 0 Å². The third-order valence-corrected chi connectivity index (χ3v) is 2.94. The van der Waals surface area contributed by atoms with Crippen LogP contribution in [0.1, 0.15) is 6.92 Å². The lowest BCUT2D eigenvalue weighted by Gasteiger charge is -2.07. The molecule has 25 heavy (non-hydrogen) atoms. The molecule has 9 heteroatoms. The molecule has 0 spiro atoms. The fourth-order valence-electron chi connectivity index (χ4n) is 1.76. The fraction of sp³-hybridized carbons (Fsp3) is 0.250. The lowest BCUT2D eigenvalue weighted by molar-refractivity contribution is 0.0849. The molecule has 0 aliphatic heterocycles. The van der Waals surface area contributed by atoms with E-state index in [1.807, 2.05) is 6.92 Å². The van der Waals surface area contributed by atoms with E-state index in [1.165, 1.54) is 12.1 Å². The number of phenolic OH excluding ortho intramolecular Hbond substituents is 1. The van der Waals surface area contributed by atoms with Crippen LogP contribution in [0.5, 0.6) is 5.75 Å². The number of nitrogen functional groups attached to an aromatic ring is 1. The van der Waals surface area contributed by atoms with Gasteiger partial charge in [-0.1, -0.05) is 12.1 Å². The highest BCUT2D eigenvalue weighted by Crippen LogP contribution is 2.29. The van der Waals surface area contributed by atoms with Crippen molar-refractivity contribution in [3.05, 3.63) is 36.4 Å². The van der Waals surface area contributed by atoms with E-state index in [-0.39, 0.29) is 24.0 Å². The molecule has 0 saturated heterocycles. The molecule has 0 bridgehead atoms. The molecule has 0 saturated carbocycles. The molecule has 0 unspecified atom stereocenters. The number of hydrogen-bond donors (Lipinski definition) is 3. The van der Waals surface area contributed by atoms with Crippen molar-refractivity contribution < 1.29 is 19.4 Å². The van der Waals surface area contributed by atoms with E-state index in [2.05, 4.69) is 20.5 Å². The summed E-state index contributed by atoms with van der Waals surface area (Å²) in [6, 6.07) is 9.57. The third-order valence-electron chi connectivity index (χ3n) is 2.94. The zero-order chi connectivity index (χ0) is 18.1. The SMILES string of the molecule is CCOCCOC(=O)Nc1ccc(/N=N/c2ccccc2O)c(N)n1. The summed E-state index contributed by atoms with van der Waals surface area (Å²) in [5, 5.41) is 19.9. The van der Waals surface area contributed by atoms with Gasteiger partial charge in [0.05, 0.1) is 6.61 Å². The number of nitrogens with one attached hydrogen (secondary N) is 1. The minimum Gasteiger partial charge on any atom is -0.506 e. The van der Waals surface area contributed by atoms with Crippen molar-refractivity contribution in [1.29, 1.82) is 0 Å². The summed E-state index contributed by atoms with van der Waals surface area (Å²) < 4.78 is 9.97. The Morgan fingerprint density at radius 1 is 1.20 bits per heavy atom. The van der Waals surface area contributed by atoms with Gasteiger partial charge in [-0.3, -0.25) is 5.32 Å². The Balaban J connectivity index is 1.96. The number of nitrogens with zero attached hydrogens (tertiary/aromatic N) is 3. The Kier molecular flexibility index (Phi) is 6.66. The average molecular weight is 345 g/mol. The van der Waals surface area contributed by atoms with Crippen LogP contribution >= 0.6 is 0 Å². The van der Waals surface area contributed by atoms with Gasteiger partial charge in [-0.15, -0.1) is 10.2 Å². The number of amides is 1. The minimum absolute atomic E-state index is 0.00543. The van der Waals surface area contributed by atoms with Crippen molar-refractivity contribution in [1.82, 2.24) is 4.98 Å². The van der Waals surface area contributed by atoms with Gasteiger partial charge in [0.25, 0.3) is 0 Å². The van der Waals surface area contributed by atoms with Crippen LogP contribution in [0.15, 0.2) is 46.6 Å². The first-order valence-electron chi connectivity index (χ1n) is 7.58. The number of hydrogen-bond acceptors (Lipinski definition) is 8. The van der Waals surface area contributed by atoms with Gasteiger partial charge in [0.2, 0.25) is 0 Å². The maximum absolute atomic E-state index is 11.6. The smallest absolute Gasteiger partial charge is 0.412 e. The highest BCUT2D eigenvalue weighted by Gasteiger charge is 2.07. The Morgan fingerprint density at radius 3 is 2.68 bits per heavy atom. The molecule has 1 amide bonds. The van der Waals surface area contributed by atoms with E-state index in [9.17, 15) is 9.90 Å². The molecule has 0 aliphatic carbocycles. The molecule has 9 nitrogen and oxygen atoms in total. The number of azo groups is 1. The van der Waals surface area contributed by atoms with Gasteiger partial charge >= 0.3 is 6.09 Å². The molecule has 0 fully saturated rings. The van der Waals surface area contributed by atoms with Crippen LogP contribution in [0.25, 0.3) is 0 Å². The predicted octanol–water partition coefficient (Wildman–Crippen LogP) is 3.37. The molecule has 4 N–H and O–H groups in total. The standard InChI is InChI=1S/C16H19N5O4/c1-2-24-9-10-25-16(23)19-14-8-7-12(15(17)18-14)21-20-11-5-3-4-6-13(11)22/h3-8,22H,2,9-10H2,1H3,(H3,17,18,19,23)/b21-20+. The van der Waals surface area contributed by atoms with Crippen molar-refractivity contribution in [3.63, 3.8) is 0 Å². The van der Waals surface area contributed by atoms with Gasteiger partial charge < -0.3 is 20.3 Å². The normalized spacial score (nSPS) is 10.8. The fourth-order valence-corrected chi connectivity index (χ4v) is 1.76. The summed E-state index contributed by atoms with van der Waals surface area (Å²) in [7, 11) is 0. The van der Waals surface area contributed by atoms with Crippen molar-refractivity contribution in [2.45, 2.75) is 6.92 Å². The molecule has 2 rings (SSSR count). The van der Waals surface area contributed by atoms with E-state index in [0.717, 1.165) is 0 Å². The molecule has 1 aromatic heterocycles. The van der Waals surface area contributed by atoms with Crippen molar-refractivity contribution in [2.75, 3.05) is 30.9 Å². The van der Waals surface area contributed by atoms with Gasteiger partial charge in [-0.05, 0) is 31.2 Å². The van der Waals surface area contributed by atoms with Crippen molar-refractivity contribution in [2.24, 2.45) is 10.2 Å². The van der Waals surface area contributed by atoms with Gasteiger partial charge in [0.15, 0.2) is 5.82 Å². The molecule has 0 aliphatic rings. The van der Waals surface area contributed by atoms with Crippen LogP contribution < -0.4 is 11.1 Å². The van der Waals surface area contributed by atoms with Gasteiger partial charge in [-0.25, -0.2) is 9.78 Å². The first kappa shape index (κ1) is 18.1. The summed E-state index contributed by atoms with van der Waals surface area (Å²) in [6.07, 6.45) is -0.657. The number of anilines is 2. The van der Waals surface area contributed by atoms with Crippen LogP contribution in [0.3, 0.4) is 0 Å². The highest BCUT2D eigenvalue weighted by atomic mass is 16.6. The number of ether oxygens (including phenoxy) is 2. The number of phenols is 1. The molecular formula is C16H19N5O4. The summed E-state index contributed by atoms with van der Waals surface area (Å²) in [6.45, 7) is 2.87. The molecule has 0 atom stereocenters. The maximum atomic E-state index is 11.6. The number of pyridine rings is 1. The summed E-state index contributed by atoms with van der Waals surface area (Å²) in [5.41, 5.74) is 6.41. The number of aromatic hydroxyl groups is 1. The number of para-hydroxylation sites is 1. The zero-order valence-corrected chi connectivity index (χ0v) is 13.7. The molecule has 2 aromatic rings. The predicted molar refractivity (Wildman–Crippen MR) is 92.4 cm³/mol. The number of carbonyl (C=O) groups excluding carboxylic acids is 1. The largest absolute Gasteiger partial charge is 0.506 e. The van der Waals surface area contributed by atoms with Crippen LogP contribution in [-0.2, 0) is 9.47 Å². The topological polar surface area (TPSA) is 131 Å². The van der Waals surface area contributed by atoms with Crippen molar-refractivity contribution in [3.8, 4) is 5.75 Å².